The summed E-state index contributed by atoms with van der Waals surface area (Å²) in [4.78, 5) is 12.2. The number of methoxy groups -OCH3 is 1. The van der Waals surface area contributed by atoms with Gasteiger partial charge < -0.3 is 10.1 Å². The van der Waals surface area contributed by atoms with Gasteiger partial charge in [0.25, 0.3) is 0 Å². The molecule has 140 valence electrons. The highest BCUT2D eigenvalue weighted by atomic mass is 35.5. The largest absolute Gasteiger partial charge is 0.495 e. The second-order valence-electron chi connectivity index (χ2n) is 5.92. The lowest BCUT2D eigenvalue weighted by atomic mass is 10.1. The van der Waals surface area contributed by atoms with E-state index < -0.39 is 10.0 Å². The van der Waals surface area contributed by atoms with Crippen LogP contribution in [0.1, 0.15) is 17.5 Å². The van der Waals surface area contributed by atoms with Crippen molar-refractivity contribution in [3.05, 3.63) is 52.5 Å². The van der Waals surface area contributed by atoms with E-state index in [-0.39, 0.29) is 12.3 Å². The van der Waals surface area contributed by atoms with Crippen molar-refractivity contribution in [2.45, 2.75) is 19.8 Å². The van der Waals surface area contributed by atoms with Gasteiger partial charge in [-0.05, 0) is 48.7 Å². The van der Waals surface area contributed by atoms with Gasteiger partial charge in [0, 0.05) is 12.1 Å². The average Bonchev–Trinajstić information content (AvgIpc) is 2.55. The van der Waals surface area contributed by atoms with Crippen molar-refractivity contribution in [1.82, 2.24) is 0 Å². The number of anilines is 2. The Hall–Kier alpha value is -2.25. The summed E-state index contributed by atoms with van der Waals surface area (Å²) < 4.78 is 30.3. The first-order chi connectivity index (χ1) is 12.2. The number of rotatable bonds is 7. The van der Waals surface area contributed by atoms with Crippen LogP contribution in [-0.4, -0.2) is 27.7 Å². The molecular weight excluding hydrogens is 376 g/mol. The minimum atomic E-state index is -3.39. The molecule has 0 fully saturated rings. The molecule has 2 aromatic carbocycles. The number of ether oxygens (including phenoxy) is 1. The third kappa shape index (κ3) is 5.93. The highest BCUT2D eigenvalue weighted by Gasteiger charge is 2.09. The van der Waals surface area contributed by atoms with E-state index in [1.54, 1.807) is 44.4 Å². The Morgan fingerprint density at radius 3 is 2.54 bits per heavy atom. The van der Waals surface area contributed by atoms with E-state index in [1.165, 1.54) is 0 Å². The van der Waals surface area contributed by atoms with Gasteiger partial charge in [-0.25, -0.2) is 8.42 Å². The van der Waals surface area contributed by atoms with E-state index in [4.69, 9.17) is 16.3 Å². The lowest BCUT2D eigenvalue weighted by Gasteiger charge is -2.11. The number of halogens is 1. The lowest BCUT2D eigenvalue weighted by molar-refractivity contribution is -0.116. The minimum Gasteiger partial charge on any atom is -0.495 e. The van der Waals surface area contributed by atoms with Crippen molar-refractivity contribution in [3.8, 4) is 5.75 Å². The number of sulfonamides is 1. The van der Waals surface area contributed by atoms with E-state index in [1.807, 2.05) is 6.07 Å². The first kappa shape index (κ1) is 20.1. The predicted octanol–water partition coefficient (Wildman–Crippen LogP) is 3.60. The Balaban J connectivity index is 1.99. The van der Waals surface area contributed by atoms with Gasteiger partial charge in [-0.2, -0.15) is 0 Å². The fraction of sp³-hybridized carbons (Fsp3) is 0.278. The standard InChI is InChI=1S/C18H21ClN2O4S/c1-12-4-7-14(11-16(12)21-26(3,23)24)20-18(22)9-6-13-5-8-17(25-2)15(19)10-13/h4-5,7-8,10-11,21H,6,9H2,1-3H3,(H,20,22). The van der Waals surface area contributed by atoms with E-state index in [2.05, 4.69) is 10.0 Å². The molecule has 0 radical (unpaired) electrons. The number of nitrogens with one attached hydrogen (secondary N) is 2. The fourth-order valence-corrected chi connectivity index (χ4v) is 3.26. The SMILES string of the molecule is COc1ccc(CCC(=O)Nc2ccc(C)c(NS(C)(=O)=O)c2)cc1Cl. The molecule has 6 nitrogen and oxygen atoms in total. The van der Waals surface area contributed by atoms with Gasteiger partial charge >= 0.3 is 0 Å². The van der Waals surface area contributed by atoms with Gasteiger partial charge in [-0.15, -0.1) is 0 Å². The topological polar surface area (TPSA) is 84.5 Å². The van der Waals surface area contributed by atoms with Gasteiger partial charge in [-0.1, -0.05) is 23.7 Å². The van der Waals surface area contributed by atoms with Gasteiger partial charge in [0.1, 0.15) is 5.75 Å². The summed E-state index contributed by atoms with van der Waals surface area (Å²) in [7, 11) is -1.84. The Morgan fingerprint density at radius 1 is 1.19 bits per heavy atom. The Labute approximate surface area is 158 Å². The second kappa shape index (κ2) is 8.42. The quantitative estimate of drug-likeness (QED) is 0.748. The molecule has 0 saturated carbocycles. The molecule has 1 amide bonds. The van der Waals surface area contributed by atoms with Crippen molar-refractivity contribution < 1.29 is 17.9 Å². The maximum Gasteiger partial charge on any atom is 0.229 e. The number of carbonyl (C=O) groups excluding carboxylic acids is 1. The van der Waals surface area contributed by atoms with Gasteiger partial charge in [0.15, 0.2) is 0 Å². The molecule has 26 heavy (non-hydrogen) atoms. The van der Waals surface area contributed by atoms with Crippen molar-refractivity contribution in [1.29, 1.82) is 0 Å². The number of hydrogen-bond acceptors (Lipinski definition) is 4. The molecule has 0 aliphatic heterocycles. The summed E-state index contributed by atoms with van der Waals surface area (Å²) in [5.74, 6) is 0.413. The van der Waals surface area contributed by atoms with E-state index in [0.717, 1.165) is 17.4 Å². The van der Waals surface area contributed by atoms with Gasteiger partial charge in [-0.3, -0.25) is 9.52 Å². The maximum atomic E-state index is 12.2. The van der Waals surface area contributed by atoms with Crippen LogP contribution in [0.15, 0.2) is 36.4 Å². The summed E-state index contributed by atoms with van der Waals surface area (Å²) in [5, 5.41) is 3.27. The highest BCUT2D eigenvalue weighted by Crippen LogP contribution is 2.25. The Bertz CT molecular complexity index is 913. The van der Waals surface area contributed by atoms with E-state index >= 15 is 0 Å². The lowest BCUT2D eigenvalue weighted by Crippen LogP contribution is -2.14. The number of amides is 1. The fourth-order valence-electron chi connectivity index (χ4n) is 2.36. The van der Waals surface area contributed by atoms with Crippen molar-refractivity contribution in [3.63, 3.8) is 0 Å². The highest BCUT2D eigenvalue weighted by molar-refractivity contribution is 7.92. The van der Waals surface area contributed by atoms with Crippen LogP contribution in [0.4, 0.5) is 11.4 Å². The van der Waals surface area contributed by atoms with Crippen molar-refractivity contribution in [2.75, 3.05) is 23.4 Å². The monoisotopic (exact) mass is 396 g/mol. The van der Waals surface area contributed by atoms with Crippen LogP contribution in [0, 0.1) is 6.92 Å². The van der Waals surface area contributed by atoms with Crippen LogP contribution >= 0.6 is 11.6 Å². The molecule has 0 aliphatic carbocycles. The molecule has 2 N–H and O–H groups in total. The minimum absolute atomic E-state index is 0.175. The summed E-state index contributed by atoms with van der Waals surface area (Å²) in [6, 6.07) is 10.5. The van der Waals surface area contributed by atoms with Crippen LogP contribution in [0.5, 0.6) is 5.75 Å². The molecule has 0 aromatic heterocycles. The van der Waals surface area contributed by atoms with Crippen molar-refractivity contribution in [2.24, 2.45) is 0 Å². The van der Waals surface area contributed by atoms with E-state index in [9.17, 15) is 13.2 Å². The first-order valence-electron chi connectivity index (χ1n) is 7.88. The van der Waals surface area contributed by atoms with Crippen molar-refractivity contribution >= 4 is 38.9 Å². The molecule has 2 aromatic rings. The maximum absolute atomic E-state index is 12.2. The predicted molar refractivity (Wildman–Crippen MR) is 105 cm³/mol. The first-order valence-corrected chi connectivity index (χ1v) is 10.2. The third-order valence-corrected chi connectivity index (χ3v) is 4.56. The molecule has 0 unspecified atom stereocenters. The third-order valence-electron chi connectivity index (χ3n) is 3.67. The van der Waals surface area contributed by atoms with Gasteiger partial charge in [0.2, 0.25) is 15.9 Å². The summed E-state index contributed by atoms with van der Waals surface area (Å²) in [6.45, 7) is 1.78. The molecule has 0 heterocycles. The Morgan fingerprint density at radius 2 is 1.92 bits per heavy atom. The number of benzene rings is 2. The van der Waals surface area contributed by atoms with Crippen LogP contribution in [0.25, 0.3) is 0 Å². The molecule has 0 aliphatic rings. The van der Waals surface area contributed by atoms with Crippen LogP contribution < -0.4 is 14.8 Å². The molecule has 0 bridgehead atoms. The smallest absolute Gasteiger partial charge is 0.229 e. The molecule has 0 spiro atoms. The zero-order valence-corrected chi connectivity index (χ0v) is 16.4. The Kier molecular flexibility index (Phi) is 6.50. The molecule has 0 saturated heterocycles. The number of aryl methyl sites for hydroxylation is 2. The zero-order valence-electron chi connectivity index (χ0n) is 14.8. The molecular formula is C18H21ClN2O4S. The summed E-state index contributed by atoms with van der Waals surface area (Å²) in [6.07, 6.45) is 1.87. The molecule has 2 rings (SSSR count). The van der Waals surface area contributed by atoms with Crippen LogP contribution in [0.3, 0.4) is 0 Å². The summed E-state index contributed by atoms with van der Waals surface area (Å²) >= 11 is 6.08. The van der Waals surface area contributed by atoms with E-state index in [0.29, 0.717) is 28.6 Å². The second-order valence-corrected chi connectivity index (χ2v) is 8.08. The number of carbonyl (C=O) groups is 1. The molecule has 8 heteroatoms. The average molecular weight is 397 g/mol. The van der Waals surface area contributed by atoms with Gasteiger partial charge in [0.05, 0.1) is 24.1 Å². The normalized spacial score (nSPS) is 11.1. The number of hydrogen-bond donors (Lipinski definition) is 2. The zero-order chi connectivity index (χ0) is 19.3. The molecule has 0 atom stereocenters. The summed E-state index contributed by atoms with van der Waals surface area (Å²) in [5.41, 5.74) is 2.65. The van der Waals surface area contributed by atoms with Crippen LogP contribution in [0.2, 0.25) is 5.02 Å². The van der Waals surface area contributed by atoms with Crippen LogP contribution in [-0.2, 0) is 21.2 Å².